The fourth-order valence-electron chi connectivity index (χ4n) is 1.32. The smallest absolute Gasteiger partial charge is 0.316 e. The molecule has 3 nitrogen and oxygen atoms in total. The maximum atomic E-state index is 13.4. The number of halogens is 3. The molecule has 0 aliphatic heterocycles. The summed E-state index contributed by atoms with van der Waals surface area (Å²) in [5, 5.41) is 0. The summed E-state index contributed by atoms with van der Waals surface area (Å²) in [6.07, 6.45) is 0. The predicted octanol–water partition coefficient (Wildman–Crippen LogP) is 3.73. The van der Waals surface area contributed by atoms with Gasteiger partial charge in [-0.15, -0.1) is 0 Å². The van der Waals surface area contributed by atoms with Crippen molar-refractivity contribution in [2.75, 3.05) is 6.61 Å². The van der Waals surface area contributed by atoms with Gasteiger partial charge in [0, 0.05) is 10.0 Å². The molecule has 1 aromatic rings. The standard InChI is InChI=1S/C12H11Br2FO3/c1-3-18-12(17)6(2)11(16)7-4-10(15)9(14)5-8(7)13/h4-6H,3H2,1-2H3. The summed E-state index contributed by atoms with van der Waals surface area (Å²) in [4.78, 5) is 23.5. The molecule has 98 valence electrons. The van der Waals surface area contributed by atoms with Gasteiger partial charge >= 0.3 is 5.97 Å². The highest BCUT2D eigenvalue weighted by Crippen LogP contribution is 2.27. The highest BCUT2D eigenvalue weighted by molar-refractivity contribution is 9.11. The second kappa shape index (κ2) is 6.43. The minimum atomic E-state index is -0.957. The monoisotopic (exact) mass is 380 g/mol. The number of carbonyl (C=O) groups excluding carboxylic acids is 2. The van der Waals surface area contributed by atoms with Crippen molar-refractivity contribution in [1.29, 1.82) is 0 Å². The van der Waals surface area contributed by atoms with E-state index in [9.17, 15) is 14.0 Å². The van der Waals surface area contributed by atoms with E-state index in [1.54, 1.807) is 6.92 Å². The number of benzene rings is 1. The molecule has 0 fully saturated rings. The Morgan fingerprint density at radius 2 is 1.94 bits per heavy atom. The summed E-state index contributed by atoms with van der Waals surface area (Å²) in [6.45, 7) is 3.29. The normalized spacial score (nSPS) is 12.1. The van der Waals surface area contributed by atoms with Crippen molar-refractivity contribution in [2.45, 2.75) is 13.8 Å². The lowest BCUT2D eigenvalue weighted by molar-refractivity contribution is -0.145. The Hall–Kier alpha value is -0.750. The number of esters is 1. The molecule has 1 atom stereocenters. The maximum absolute atomic E-state index is 13.4. The molecule has 1 rings (SSSR count). The van der Waals surface area contributed by atoms with Gasteiger partial charge in [-0.25, -0.2) is 4.39 Å². The zero-order valence-electron chi connectivity index (χ0n) is 9.80. The minimum absolute atomic E-state index is 0.122. The Labute approximate surface area is 121 Å². The number of Topliss-reactive ketones (excluding diaryl/α,β-unsaturated/α-hetero) is 1. The van der Waals surface area contributed by atoms with E-state index in [1.165, 1.54) is 13.0 Å². The third kappa shape index (κ3) is 3.38. The Morgan fingerprint density at radius 3 is 2.50 bits per heavy atom. The molecule has 0 radical (unpaired) electrons. The third-order valence-electron chi connectivity index (χ3n) is 2.31. The molecule has 18 heavy (non-hydrogen) atoms. The first-order valence-electron chi connectivity index (χ1n) is 5.23. The summed E-state index contributed by atoms with van der Waals surface area (Å²) in [5.74, 6) is -2.61. The number of hydrogen-bond donors (Lipinski definition) is 0. The van der Waals surface area contributed by atoms with Gasteiger partial charge in [-0.2, -0.15) is 0 Å². The van der Waals surface area contributed by atoms with Gasteiger partial charge in [0.2, 0.25) is 0 Å². The molecule has 0 bridgehead atoms. The number of ketones is 1. The summed E-state index contributed by atoms with van der Waals surface area (Å²) >= 11 is 6.18. The van der Waals surface area contributed by atoms with Crippen LogP contribution in [-0.2, 0) is 9.53 Å². The molecular weight excluding hydrogens is 371 g/mol. The van der Waals surface area contributed by atoms with Crippen LogP contribution in [-0.4, -0.2) is 18.4 Å². The molecule has 0 amide bonds. The van der Waals surface area contributed by atoms with Crippen LogP contribution in [0.4, 0.5) is 4.39 Å². The lowest BCUT2D eigenvalue weighted by Gasteiger charge is -2.11. The first kappa shape index (κ1) is 15.3. The molecule has 1 unspecified atom stereocenters. The number of carbonyl (C=O) groups is 2. The van der Waals surface area contributed by atoms with Gasteiger partial charge in [0.15, 0.2) is 5.78 Å². The van der Waals surface area contributed by atoms with E-state index >= 15 is 0 Å². The molecule has 0 aromatic heterocycles. The Morgan fingerprint density at radius 1 is 1.33 bits per heavy atom. The van der Waals surface area contributed by atoms with Crippen LogP contribution in [0.5, 0.6) is 0 Å². The topological polar surface area (TPSA) is 43.4 Å². The first-order valence-corrected chi connectivity index (χ1v) is 6.82. The third-order valence-corrected chi connectivity index (χ3v) is 3.57. The van der Waals surface area contributed by atoms with Crippen LogP contribution in [0.15, 0.2) is 21.1 Å². The highest BCUT2D eigenvalue weighted by atomic mass is 79.9. The van der Waals surface area contributed by atoms with Gasteiger partial charge in [-0.3, -0.25) is 9.59 Å². The van der Waals surface area contributed by atoms with Crippen LogP contribution >= 0.6 is 31.9 Å². The van der Waals surface area contributed by atoms with Crippen LogP contribution in [0.1, 0.15) is 24.2 Å². The van der Waals surface area contributed by atoms with Crippen LogP contribution in [0.2, 0.25) is 0 Å². The summed E-state index contributed by atoms with van der Waals surface area (Å²) in [7, 11) is 0. The van der Waals surface area contributed by atoms with Crippen LogP contribution in [0.3, 0.4) is 0 Å². The quantitative estimate of drug-likeness (QED) is 0.345. The van der Waals surface area contributed by atoms with E-state index < -0.39 is 23.5 Å². The van der Waals surface area contributed by atoms with Crippen LogP contribution in [0, 0.1) is 11.7 Å². The lowest BCUT2D eigenvalue weighted by Crippen LogP contribution is -2.24. The molecule has 0 spiro atoms. The van der Waals surface area contributed by atoms with Crippen LogP contribution in [0.25, 0.3) is 0 Å². The maximum Gasteiger partial charge on any atom is 0.316 e. The summed E-state index contributed by atoms with van der Waals surface area (Å²) in [5.41, 5.74) is 0.122. The van der Waals surface area contributed by atoms with Crippen molar-refractivity contribution in [1.82, 2.24) is 0 Å². The van der Waals surface area contributed by atoms with E-state index in [0.717, 1.165) is 6.07 Å². The Kier molecular flexibility index (Phi) is 5.47. The van der Waals surface area contributed by atoms with Gasteiger partial charge in [-0.1, -0.05) is 15.9 Å². The SMILES string of the molecule is CCOC(=O)C(C)C(=O)c1cc(F)c(Br)cc1Br. The molecule has 0 aliphatic carbocycles. The first-order chi connectivity index (χ1) is 8.38. The number of hydrogen-bond acceptors (Lipinski definition) is 3. The largest absolute Gasteiger partial charge is 0.465 e. The fourth-order valence-corrected chi connectivity index (χ4v) is 2.51. The lowest BCUT2D eigenvalue weighted by atomic mass is 9.99. The van der Waals surface area contributed by atoms with E-state index in [0.29, 0.717) is 4.47 Å². The molecule has 6 heteroatoms. The average Bonchev–Trinajstić information content (AvgIpc) is 2.32. The Bertz CT molecular complexity index is 488. The van der Waals surface area contributed by atoms with E-state index in [1.807, 2.05) is 0 Å². The summed E-state index contributed by atoms with van der Waals surface area (Å²) in [6, 6.07) is 2.52. The molecule has 1 aromatic carbocycles. The Balaban J connectivity index is 3.04. The molecule has 0 heterocycles. The fraction of sp³-hybridized carbons (Fsp3) is 0.333. The van der Waals surface area contributed by atoms with E-state index in [-0.39, 0.29) is 16.6 Å². The van der Waals surface area contributed by atoms with Crippen molar-refractivity contribution in [3.63, 3.8) is 0 Å². The summed E-state index contributed by atoms with van der Waals surface area (Å²) < 4.78 is 18.8. The molecule has 0 N–H and O–H groups in total. The zero-order chi connectivity index (χ0) is 13.9. The van der Waals surface area contributed by atoms with Crippen LogP contribution < -0.4 is 0 Å². The second-order valence-electron chi connectivity index (χ2n) is 3.58. The number of ether oxygens (including phenoxy) is 1. The molecule has 0 saturated carbocycles. The van der Waals surface area contributed by atoms with Gasteiger partial charge in [0.05, 0.1) is 11.1 Å². The van der Waals surface area contributed by atoms with Gasteiger partial charge < -0.3 is 4.74 Å². The molecular formula is C12H11Br2FO3. The van der Waals surface area contributed by atoms with E-state index in [2.05, 4.69) is 31.9 Å². The van der Waals surface area contributed by atoms with Crippen molar-refractivity contribution < 1.29 is 18.7 Å². The number of rotatable bonds is 4. The zero-order valence-corrected chi connectivity index (χ0v) is 13.0. The van der Waals surface area contributed by atoms with Gasteiger partial charge in [0.1, 0.15) is 11.7 Å². The molecule has 0 saturated heterocycles. The van der Waals surface area contributed by atoms with Crippen molar-refractivity contribution in [3.05, 3.63) is 32.5 Å². The average molecular weight is 382 g/mol. The van der Waals surface area contributed by atoms with Crippen molar-refractivity contribution in [2.24, 2.45) is 5.92 Å². The predicted molar refractivity (Wildman–Crippen MR) is 71.9 cm³/mol. The van der Waals surface area contributed by atoms with Crippen molar-refractivity contribution >= 4 is 43.6 Å². The van der Waals surface area contributed by atoms with Gasteiger partial charge in [0.25, 0.3) is 0 Å². The highest BCUT2D eigenvalue weighted by Gasteiger charge is 2.26. The van der Waals surface area contributed by atoms with Crippen molar-refractivity contribution in [3.8, 4) is 0 Å². The molecule has 0 aliphatic rings. The second-order valence-corrected chi connectivity index (χ2v) is 5.29. The van der Waals surface area contributed by atoms with E-state index in [4.69, 9.17) is 4.74 Å². The van der Waals surface area contributed by atoms with Gasteiger partial charge in [-0.05, 0) is 41.9 Å². The minimum Gasteiger partial charge on any atom is -0.465 e.